The summed E-state index contributed by atoms with van der Waals surface area (Å²) in [6.07, 6.45) is 5.13. The molecule has 0 aromatic carbocycles. The Morgan fingerprint density at radius 2 is 1.88 bits per heavy atom. The second-order valence-corrected chi connectivity index (χ2v) is 5.98. The first kappa shape index (κ1) is 13.5. The van der Waals surface area contributed by atoms with Crippen LogP contribution in [0.1, 0.15) is 53.4 Å². The van der Waals surface area contributed by atoms with Crippen LogP contribution in [0, 0.1) is 5.92 Å². The van der Waals surface area contributed by atoms with Gasteiger partial charge in [0.05, 0.1) is 6.54 Å². The number of carboxylic acids is 1. The van der Waals surface area contributed by atoms with Crippen molar-refractivity contribution < 1.29 is 9.90 Å². The molecule has 3 heteroatoms. The van der Waals surface area contributed by atoms with E-state index >= 15 is 0 Å². The highest BCUT2D eigenvalue weighted by Gasteiger charge is 2.33. The fraction of sp³-hybridized carbons (Fsp3) is 0.923. The van der Waals surface area contributed by atoms with Crippen LogP contribution in [-0.2, 0) is 4.79 Å². The van der Waals surface area contributed by atoms with Gasteiger partial charge in [-0.05, 0) is 46.5 Å². The molecule has 1 aliphatic rings. The number of carbonyl (C=O) groups is 1. The summed E-state index contributed by atoms with van der Waals surface area (Å²) >= 11 is 0. The Labute approximate surface area is 98.8 Å². The molecule has 0 bridgehead atoms. The van der Waals surface area contributed by atoms with Gasteiger partial charge in [-0.25, -0.2) is 0 Å². The zero-order valence-electron chi connectivity index (χ0n) is 11.0. The van der Waals surface area contributed by atoms with Crippen LogP contribution in [0.3, 0.4) is 0 Å². The highest BCUT2D eigenvalue weighted by Crippen LogP contribution is 2.32. The molecule has 0 aromatic rings. The van der Waals surface area contributed by atoms with Gasteiger partial charge in [-0.1, -0.05) is 12.8 Å². The Bertz CT molecular complexity index is 239. The highest BCUT2D eigenvalue weighted by atomic mass is 16.4. The van der Waals surface area contributed by atoms with Crippen molar-refractivity contribution in [2.75, 3.05) is 6.54 Å². The SMILES string of the molecule is CC(C1CCCC1)N(CC(=O)O)C(C)(C)C. The third kappa shape index (κ3) is 3.48. The van der Waals surface area contributed by atoms with Crippen LogP contribution in [0.4, 0.5) is 0 Å². The van der Waals surface area contributed by atoms with Crippen molar-refractivity contribution in [1.29, 1.82) is 0 Å². The van der Waals surface area contributed by atoms with Gasteiger partial charge in [-0.2, -0.15) is 0 Å². The third-order valence-electron chi connectivity index (χ3n) is 3.74. The minimum atomic E-state index is -0.722. The molecule has 1 fully saturated rings. The number of aliphatic carboxylic acids is 1. The van der Waals surface area contributed by atoms with Crippen LogP contribution in [0.15, 0.2) is 0 Å². The van der Waals surface area contributed by atoms with Crippen molar-refractivity contribution in [3.05, 3.63) is 0 Å². The largest absolute Gasteiger partial charge is 0.480 e. The number of carboxylic acid groups (broad SMARTS) is 1. The molecule has 1 unspecified atom stereocenters. The van der Waals surface area contributed by atoms with Crippen molar-refractivity contribution in [2.45, 2.75) is 65.0 Å². The van der Waals surface area contributed by atoms with E-state index in [0.717, 1.165) is 0 Å². The summed E-state index contributed by atoms with van der Waals surface area (Å²) in [4.78, 5) is 13.1. The summed E-state index contributed by atoms with van der Waals surface area (Å²) in [6.45, 7) is 8.63. The smallest absolute Gasteiger partial charge is 0.317 e. The monoisotopic (exact) mass is 227 g/mol. The third-order valence-corrected chi connectivity index (χ3v) is 3.74. The number of hydrogen-bond acceptors (Lipinski definition) is 2. The van der Waals surface area contributed by atoms with Crippen molar-refractivity contribution in [3.8, 4) is 0 Å². The topological polar surface area (TPSA) is 40.5 Å². The van der Waals surface area contributed by atoms with Gasteiger partial charge in [0, 0.05) is 11.6 Å². The second-order valence-electron chi connectivity index (χ2n) is 5.98. The van der Waals surface area contributed by atoms with E-state index in [0.29, 0.717) is 12.0 Å². The lowest BCUT2D eigenvalue weighted by molar-refractivity contribution is -0.141. The van der Waals surface area contributed by atoms with E-state index in [2.05, 4.69) is 32.6 Å². The Hall–Kier alpha value is -0.570. The summed E-state index contributed by atoms with van der Waals surface area (Å²) in [5.41, 5.74) is -0.0691. The zero-order chi connectivity index (χ0) is 12.3. The van der Waals surface area contributed by atoms with E-state index in [1.165, 1.54) is 25.7 Å². The molecule has 0 saturated heterocycles. The van der Waals surface area contributed by atoms with Crippen LogP contribution >= 0.6 is 0 Å². The Balaban J connectivity index is 2.70. The molecule has 16 heavy (non-hydrogen) atoms. The minimum absolute atomic E-state index is 0.0691. The predicted octanol–water partition coefficient (Wildman–Crippen LogP) is 2.75. The molecule has 0 radical (unpaired) electrons. The van der Waals surface area contributed by atoms with E-state index < -0.39 is 5.97 Å². The number of hydrogen-bond donors (Lipinski definition) is 1. The fourth-order valence-electron chi connectivity index (χ4n) is 2.83. The lowest BCUT2D eigenvalue weighted by Crippen LogP contribution is -2.51. The van der Waals surface area contributed by atoms with Gasteiger partial charge in [-0.3, -0.25) is 9.69 Å². The van der Waals surface area contributed by atoms with Crippen LogP contribution in [0.25, 0.3) is 0 Å². The molecule has 0 spiro atoms. The second kappa shape index (κ2) is 5.17. The van der Waals surface area contributed by atoms with E-state index in [9.17, 15) is 4.79 Å². The van der Waals surface area contributed by atoms with Crippen molar-refractivity contribution >= 4 is 5.97 Å². The predicted molar refractivity (Wildman–Crippen MR) is 65.5 cm³/mol. The Morgan fingerprint density at radius 1 is 1.38 bits per heavy atom. The van der Waals surface area contributed by atoms with E-state index in [-0.39, 0.29) is 12.1 Å². The van der Waals surface area contributed by atoms with Crippen LogP contribution in [0.5, 0.6) is 0 Å². The van der Waals surface area contributed by atoms with Gasteiger partial charge in [0.25, 0.3) is 0 Å². The Morgan fingerprint density at radius 3 is 2.25 bits per heavy atom. The lowest BCUT2D eigenvalue weighted by atomic mass is 9.93. The number of nitrogens with zero attached hydrogens (tertiary/aromatic N) is 1. The maximum atomic E-state index is 10.9. The van der Waals surface area contributed by atoms with Gasteiger partial charge in [0.15, 0.2) is 0 Å². The van der Waals surface area contributed by atoms with Gasteiger partial charge in [0.2, 0.25) is 0 Å². The van der Waals surface area contributed by atoms with Gasteiger partial charge < -0.3 is 5.11 Å². The minimum Gasteiger partial charge on any atom is -0.480 e. The Kier molecular flexibility index (Phi) is 4.36. The quantitative estimate of drug-likeness (QED) is 0.803. The molecule has 1 aliphatic carbocycles. The van der Waals surface area contributed by atoms with Crippen LogP contribution in [0.2, 0.25) is 0 Å². The van der Waals surface area contributed by atoms with Crippen LogP contribution in [-0.4, -0.2) is 34.1 Å². The van der Waals surface area contributed by atoms with E-state index in [4.69, 9.17) is 5.11 Å². The first-order valence-corrected chi connectivity index (χ1v) is 6.31. The average Bonchev–Trinajstić information content (AvgIpc) is 2.63. The normalized spacial score (nSPS) is 20.3. The summed E-state index contributed by atoms with van der Waals surface area (Å²) in [6, 6.07) is 0.374. The molecule has 0 aromatic heterocycles. The molecule has 0 amide bonds. The van der Waals surface area contributed by atoms with Crippen molar-refractivity contribution in [1.82, 2.24) is 4.90 Å². The maximum Gasteiger partial charge on any atom is 0.317 e. The van der Waals surface area contributed by atoms with Crippen molar-refractivity contribution in [2.24, 2.45) is 5.92 Å². The molecular formula is C13H25NO2. The molecule has 94 valence electrons. The van der Waals surface area contributed by atoms with Gasteiger partial charge in [-0.15, -0.1) is 0 Å². The molecule has 1 saturated carbocycles. The first-order valence-electron chi connectivity index (χ1n) is 6.31. The first-order chi connectivity index (χ1) is 7.32. The summed E-state index contributed by atoms with van der Waals surface area (Å²) in [5.74, 6) is -0.0432. The standard InChI is InChI=1S/C13H25NO2/c1-10(11-7-5-6-8-11)14(9-12(15)16)13(2,3)4/h10-11H,5-9H2,1-4H3,(H,15,16). The highest BCUT2D eigenvalue weighted by molar-refractivity contribution is 5.69. The summed E-state index contributed by atoms with van der Waals surface area (Å²) in [7, 11) is 0. The molecule has 1 N–H and O–H groups in total. The van der Waals surface area contributed by atoms with Crippen molar-refractivity contribution in [3.63, 3.8) is 0 Å². The zero-order valence-corrected chi connectivity index (χ0v) is 11.0. The van der Waals surface area contributed by atoms with E-state index in [1.54, 1.807) is 0 Å². The molecule has 1 atom stereocenters. The molecule has 0 heterocycles. The molecule has 1 rings (SSSR count). The van der Waals surface area contributed by atoms with E-state index in [1.807, 2.05) is 0 Å². The summed E-state index contributed by atoms with van der Waals surface area (Å²) in [5, 5.41) is 9.00. The molecular weight excluding hydrogens is 202 g/mol. The number of rotatable bonds is 4. The van der Waals surface area contributed by atoms with Crippen LogP contribution < -0.4 is 0 Å². The molecule has 0 aliphatic heterocycles. The van der Waals surface area contributed by atoms with Gasteiger partial charge >= 0.3 is 5.97 Å². The lowest BCUT2D eigenvalue weighted by Gasteiger charge is -2.41. The maximum absolute atomic E-state index is 10.9. The fourth-order valence-corrected chi connectivity index (χ4v) is 2.83. The van der Waals surface area contributed by atoms with Gasteiger partial charge in [0.1, 0.15) is 0 Å². The average molecular weight is 227 g/mol. The summed E-state index contributed by atoms with van der Waals surface area (Å²) < 4.78 is 0. The molecule has 3 nitrogen and oxygen atoms in total.